The molecule has 2 aliphatic heterocycles. The van der Waals surface area contributed by atoms with Crippen LogP contribution in [0.2, 0.25) is 0 Å². The van der Waals surface area contributed by atoms with Gasteiger partial charge in [0, 0.05) is 38.9 Å². The van der Waals surface area contributed by atoms with Crippen molar-refractivity contribution in [2.75, 3.05) is 26.2 Å². The predicted molar refractivity (Wildman–Crippen MR) is 75.8 cm³/mol. The summed E-state index contributed by atoms with van der Waals surface area (Å²) in [5.41, 5.74) is -0.140. The maximum atomic E-state index is 12.7. The maximum absolute atomic E-state index is 12.7. The summed E-state index contributed by atoms with van der Waals surface area (Å²) < 4.78 is 38.1. The second-order valence-electron chi connectivity index (χ2n) is 6.45. The third-order valence-electron chi connectivity index (χ3n) is 4.74. The van der Waals surface area contributed by atoms with Crippen molar-refractivity contribution in [1.29, 1.82) is 0 Å². The first-order valence-electron chi connectivity index (χ1n) is 7.50. The van der Waals surface area contributed by atoms with Gasteiger partial charge in [-0.2, -0.15) is 13.2 Å². The Balaban J connectivity index is 1.54. The van der Waals surface area contributed by atoms with Crippen LogP contribution in [0.15, 0.2) is 18.3 Å². The predicted octanol–water partition coefficient (Wildman–Crippen LogP) is 2.68. The van der Waals surface area contributed by atoms with E-state index in [-0.39, 0.29) is 5.41 Å². The van der Waals surface area contributed by atoms with Gasteiger partial charge in [-0.15, -0.1) is 0 Å². The van der Waals surface area contributed by atoms with Crippen LogP contribution < -0.4 is 0 Å². The van der Waals surface area contributed by atoms with E-state index in [4.69, 9.17) is 5.11 Å². The Labute approximate surface area is 131 Å². The number of nitrogens with zero attached hydrogens (tertiary/aromatic N) is 3. The molecule has 0 saturated carbocycles. The largest absolute Gasteiger partial charge is 0.465 e. The van der Waals surface area contributed by atoms with Crippen molar-refractivity contribution in [2.24, 2.45) is 5.41 Å². The van der Waals surface area contributed by atoms with Crippen LogP contribution in [-0.2, 0) is 12.7 Å². The van der Waals surface area contributed by atoms with E-state index in [2.05, 4.69) is 9.88 Å². The number of rotatable bonds is 2. The molecule has 2 aliphatic rings. The molecule has 1 spiro atoms. The quantitative estimate of drug-likeness (QED) is 0.906. The lowest BCUT2D eigenvalue weighted by Gasteiger charge is -2.53. The van der Waals surface area contributed by atoms with Gasteiger partial charge in [-0.25, -0.2) is 4.79 Å². The molecule has 2 saturated heterocycles. The highest BCUT2D eigenvalue weighted by Gasteiger charge is 2.45. The van der Waals surface area contributed by atoms with Gasteiger partial charge in [0.05, 0.1) is 11.3 Å². The fourth-order valence-electron chi connectivity index (χ4n) is 3.47. The van der Waals surface area contributed by atoms with Crippen molar-refractivity contribution >= 4 is 6.09 Å². The Hall–Kier alpha value is -1.83. The molecule has 0 bridgehead atoms. The lowest BCUT2D eigenvalue weighted by molar-refractivity contribution is -0.137. The summed E-state index contributed by atoms with van der Waals surface area (Å²) in [4.78, 5) is 18.4. The number of hydrogen-bond donors (Lipinski definition) is 1. The van der Waals surface area contributed by atoms with E-state index in [1.807, 2.05) is 0 Å². The average Bonchev–Trinajstić information content (AvgIpc) is 2.45. The Morgan fingerprint density at radius 3 is 2.52 bits per heavy atom. The van der Waals surface area contributed by atoms with Crippen LogP contribution in [-0.4, -0.2) is 52.2 Å². The summed E-state index contributed by atoms with van der Waals surface area (Å²) in [6.45, 7) is 3.04. The molecule has 0 unspecified atom stereocenters. The van der Waals surface area contributed by atoms with Gasteiger partial charge in [0.1, 0.15) is 0 Å². The Morgan fingerprint density at radius 2 is 1.96 bits per heavy atom. The minimum atomic E-state index is -4.35. The number of alkyl halides is 3. The van der Waals surface area contributed by atoms with Crippen LogP contribution in [0.25, 0.3) is 0 Å². The van der Waals surface area contributed by atoms with Gasteiger partial charge in [0.15, 0.2) is 0 Å². The molecular formula is C15H18F3N3O2. The molecule has 1 aromatic heterocycles. The normalized spacial score (nSPS) is 21.3. The molecule has 8 heteroatoms. The summed E-state index contributed by atoms with van der Waals surface area (Å²) in [6.07, 6.45) is -2.42. The third-order valence-corrected chi connectivity index (χ3v) is 4.74. The average molecular weight is 329 g/mol. The number of amides is 1. The monoisotopic (exact) mass is 329 g/mol. The van der Waals surface area contributed by atoms with E-state index in [0.717, 1.165) is 38.1 Å². The summed E-state index contributed by atoms with van der Waals surface area (Å²) >= 11 is 0. The molecule has 5 nitrogen and oxygen atoms in total. The van der Waals surface area contributed by atoms with Gasteiger partial charge in [-0.1, -0.05) is 0 Å². The van der Waals surface area contributed by atoms with Crippen LogP contribution in [0.4, 0.5) is 18.0 Å². The fourth-order valence-corrected chi connectivity index (χ4v) is 3.47. The second kappa shape index (κ2) is 5.67. The topological polar surface area (TPSA) is 56.7 Å². The number of carbonyl (C=O) groups is 1. The van der Waals surface area contributed by atoms with Crippen LogP contribution in [0.1, 0.15) is 24.1 Å². The van der Waals surface area contributed by atoms with Crippen LogP contribution in [0, 0.1) is 5.41 Å². The van der Waals surface area contributed by atoms with Crippen molar-refractivity contribution < 1.29 is 23.1 Å². The molecule has 3 rings (SSSR count). The smallest absolute Gasteiger partial charge is 0.416 e. The number of carboxylic acid groups (broad SMARTS) is 1. The van der Waals surface area contributed by atoms with E-state index in [9.17, 15) is 18.0 Å². The van der Waals surface area contributed by atoms with Gasteiger partial charge in [0.25, 0.3) is 0 Å². The second-order valence-corrected chi connectivity index (χ2v) is 6.45. The van der Waals surface area contributed by atoms with Gasteiger partial charge >= 0.3 is 12.3 Å². The highest BCUT2D eigenvalue weighted by molar-refractivity contribution is 5.65. The van der Waals surface area contributed by atoms with Gasteiger partial charge in [-0.05, 0) is 30.4 Å². The first kappa shape index (κ1) is 16.0. The first-order chi connectivity index (χ1) is 10.8. The molecule has 1 N–H and O–H groups in total. The molecule has 1 aromatic rings. The molecule has 0 radical (unpaired) electrons. The summed E-state index contributed by atoms with van der Waals surface area (Å²) in [5, 5.41) is 8.95. The third kappa shape index (κ3) is 3.41. The summed E-state index contributed by atoms with van der Waals surface area (Å²) in [6, 6.07) is 2.07. The standard InChI is InChI=1S/C15H18F3N3O2/c16-15(17,18)11-1-4-19-12(7-11)8-20-9-14(10-20)2-5-21(6-3-14)13(22)23/h1,4,7H,2-3,5-6,8-10H2,(H,22,23). The molecule has 0 aromatic carbocycles. The van der Waals surface area contributed by atoms with E-state index < -0.39 is 17.8 Å². The van der Waals surface area contributed by atoms with Crippen molar-refractivity contribution in [1.82, 2.24) is 14.8 Å². The Kier molecular flexibility index (Phi) is 3.95. The lowest BCUT2D eigenvalue weighted by atomic mass is 9.72. The minimum Gasteiger partial charge on any atom is -0.465 e. The van der Waals surface area contributed by atoms with Crippen LogP contribution >= 0.6 is 0 Å². The van der Waals surface area contributed by atoms with Gasteiger partial charge < -0.3 is 10.0 Å². The van der Waals surface area contributed by atoms with Crippen molar-refractivity contribution in [3.05, 3.63) is 29.6 Å². The summed E-state index contributed by atoms with van der Waals surface area (Å²) in [5.74, 6) is 0. The molecular weight excluding hydrogens is 311 g/mol. The van der Waals surface area contributed by atoms with Crippen molar-refractivity contribution in [3.63, 3.8) is 0 Å². The number of halogens is 3. The fraction of sp³-hybridized carbons (Fsp3) is 0.600. The van der Waals surface area contributed by atoms with Crippen LogP contribution in [0.5, 0.6) is 0 Å². The highest BCUT2D eigenvalue weighted by Crippen LogP contribution is 2.41. The molecule has 3 heterocycles. The van der Waals surface area contributed by atoms with Gasteiger partial charge in [0.2, 0.25) is 0 Å². The first-order valence-corrected chi connectivity index (χ1v) is 7.50. The molecule has 1 amide bonds. The lowest BCUT2D eigenvalue weighted by Crippen LogP contribution is -2.60. The molecule has 23 heavy (non-hydrogen) atoms. The highest BCUT2D eigenvalue weighted by atomic mass is 19.4. The number of aromatic nitrogens is 1. The van der Waals surface area contributed by atoms with E-state index >= 15 is 0 Å². The number of hydrogen-bond acceptors (Lipinski definition) is 3. The molecule has 0 atom stereocenters. The van der Waals surface area contributed by atoms with E-state index in [1.54, 1.807) is 0 Å². The number of pyridine rings is 1. The van der Waals surface area contributed by atoms with Crippen LogP contribution in [0.3, 0.4) is 0 Å². The van der Waals surface area contributed by atoms with E-state index in [1.165, 1.54) is 11.1 Å². The Bertz CT molecular complexity index is 590. The number of piperidine rings is 1. The van der Waals surface area contributed by atoms with Gasteiger partial charge in [-0.3, -0.25) is 9.88 Å². The summed E-state index contributed by atoms with van der Waals surface area (Å²) in [7, 11) is 0. The Morgan fingerprint density at radius 1 is 1.30 bits per heavy atom. The zero-order chi connectivity index (χ0) is 16.7. The zero-order valence-electron chi connectivity index (χ0n) is 12.5. The number of likely N-dealkylation sites (tertiary alicyclic amines) is 2. The molecule has 126 valence electrons. The maximum Gasteiger partial charge on any atom is 0.416 e. The van der Waals surface area contributed by atoms with Crippen molar-refractivity contribution in [2.45, 2.75) is 25.6 Å². The molecule has 2 fully saturated rings. The molecule has 0 aliphatic carbocycles. The SMILES string of the molecule is O=C(O)N1CCC2(CC1)CN(Cc1cc(C(F)(F)F)ccn1)C2. The van der Waals surface area contributed by atoms with E-state index in [0.29, 0.717) is 25.3 Å². The minimum absolute atomic E-state index is 0.119. The zero-order valence-corrected chi connectivity index (χ0v) is 12.5. The van der Waals surface area contributed by atoms with Crippen molar-refractivity contribution in [3.8, 4) is 0 Å².